The van der Waals surface area contributed by atoms with E-state index in [0.29, 0.717) is 5.75 Å². The Hall–Kier alpha value is -2.41. The average Bonchev–Trinajstić information content (AvgIpc) is 2.49. The minimum Gasteiger partial charge on any atom is -0.489 e. The smallest absolute Gasteiger partial charge is 0.211 e. The van der Waals surface area contributed by atoms with Crippen molar-refractivity contribution in [3.05, 3.63) is 63.9 Å². The molecule has 4 N–H and O–H groups in total. The molecule has 2 aromatic rings. The molecule has 5 nitrogen and oxygen atoms in total. The monoisotopic (exact) mass is 364 g/mol. The van der Waals surface area contributed by atoms with Gasteiger partial charge in [0.05, 0.1) is 6.21 Å². The molecule has 2 rings (SSSR count). The maximum atomic E-state index is 13.2. The third kappa shape index (κ3) is 4.85. The Bertz CT molecular complexity index is 697. The van der Waals surface area contributed by atoms with Gasteiger partial charge in [-0.1, -0.05) is 15.9 Å². The number of nitrogens with two attached hydrogens (primary N) is 2. The lowest BCUT2D eigenvalue weighted by Crippen LogP contribution is -2.21. The van der Waals surface area contributed by atoms with Crippen molar-refractivity contribution in [1.82, 2.24) is 0 Å². The van der Waals surface area contributed by atoms with Crippen molar-refractivity contribution in [3.8, 4) is 5.75 Å². The molecule has 22 heavy (non-hydrogen) atoms. The van der Waals surface area contributed by atoms with Gasteiger partial charge >= 0.3 is 0 Å². The molecule has 0 aliphatic heterocycles. The lowest BCUT2D eigenvalue weighted by atomic mass is 10.2. The number of hydrogen-bond acceptors (Lipinski definition) is 3. The first kappa shape index (κ1) is 16.0. The molecule has 0 aliphatic carbocycles. The molecule has 0 fully saturated rings. The topological polar surface area (TPSA) is 86.0 Å². The summed E-state index contributed by atoms with van der Waals surface area (Å²) in [5, 5.41) is 7.22. The summed E-state index contributed by atoms with van der Waals surface area (Å²) in [4.78, 5) is 0. The molecule has 0 saturated heterocycles. The van der Waals surface area contributed by atoms with Crippen LogP contribution in [0.3, 0.4) is 0 Å². The van der Waals surface area contributed by atoms with Gasteiger partial charge in [0.15, 0.2) is 0 Å². The predicted octanol–water partition coefficient (Wildman–Crippen LogP) is 2.77. The molecule has 2 aromatic carbocycles. The molecular weight excluding hydrogens is 351 g/mol. The van der Waals surface area contributed by atoms with E-state index in [1.807, 2.05) is 12.1 Å². The molecular formula is C15H14BrFN4O. The van der Waals surface area contributed by atoms with E-state index in [1.54, 1.807) is 18.2 Å². The van der Waals surface area contributed by atoms with Crippen LogP contribution in [0.4, 0.5) is 4.39 Å². The Morgan fingerprint density at radius 2 is 1.91 bits per heavy atom. The molecule has 0 heterocycles. The van der Waals surface area contributed by atoms with Crippen LogP contribution in [0.2, 0.25) is 0 Å². The van der Waals surface area contributed by atoms with Crippen molar-refractivity contribution in [2.24, 2.45) is 21.7 Å². The van der Waals surface area contributed by atoms with E-state index < -0.39 is 0 Å². The zero-order chi connectivity index (χ0) is 15.9. The number of hydrogen-bond donors (Lipinski definition) is 2. The van der Waals surface area contributed by atoms with Crippen LogP contribution in [0, 0.1) is 5.82 Å². The second-order valence-corrected chi connectivity index (χ2v) is 5.22. The van der Waals surface area contributed by atoms with E-state index in [2.05, 4.69) is 26.1 Å². The van der Waals surface area contributed by atoms with E-state index in [0.717, 1.165) is 15.6 Å². The van der Waals surface area contributed by atoms with E-state index in [4.69, 9.17) is 16.2 Å². The summed E-state index contributed by atoms with van der Waals surface area (Å²) in [5.41, 5.74) is 11.9. The van der Waals surface area contributed by atoms with Crippen molar-refractivity contribution in [2.45, 2.75) is 6.61 Å². The second kappa shape index (κ2) is 7.56. The fourth-order valence-corrected chi connectivity index (χ4v) is 1.99. The van der Waals surface area contributed by atoms with Gasteiger partial charge in [0, 0.05) is 10.0 Å². The molecule has 0 unspecified atom stereocenters. The van der Waals surface area contributed by atoms with Crippen LogP contribution < -0.4 is 16.2 Å². The second-order valence-electron chi connectivity index (χ2n) is 4.36. The van der Waals surface area contributed by atoms with Gasteiger partial charge in [-0.3, -0.25) is 0 Å². The first-order valence-electron chi connectivity index (χ1n) is 6.33. The number of nitrogens with zero attached hydrogens (tertiary/aromatic N) is 2. The van der Waals surface area contributed by atoms with Gasteiger partial charge in [0.2, 0.25) is 5.96 Å². The maximum Gasteiger partial charge on any atom is 0.211 e. The van der Waals surface area contributed by atoms with Gasteiger partial charge in [0.1, 0.15) is 18.2 Å². The van der Waals surface area contributed by atoms with Crippen LogP contribution in [0.5, 0.6) is 5.75 Å². The van der Waals surface area contributed by atoms with Gasteiger partial charge in [0.25, 0.3) is 0 Å². The molecule has 0 aliphatic rings. The Morgan fingerprint density at radius 1 is 1.18 bits per heavy atom. The van der Waals surface area contributed by atoms with Crippen LogP contribution in [-0.4, -0.2) is 12.2 Å². The van der Waals surface area contributed by atoms with Crippen LogP contribution in [0.1, 0.15) is 11.1 Å². The van der Waals surface area contributed by atoms with E-state index in [9.17, 15) is 4.39 Å². The Labute approximate surface area is 135 Å². The summed E-state index contributed by atoms with van der Waals surface area (Å²) in [6, 6.07) is 11.6. The lowest BCUT2D eigenvalue weighted by Gasteiger charge is -2.08. The molecule has 0 radical (unpaired) electrons. The molecule has 0 amide bonds. The Morgan fingerprint density at radius 3 is 2.59 bits per heavy atom. The summed E-state index contributed by atoms with van der Waals surface area (Å²) >= 11 is 3.36. The molecule has 0 aromatic heterocycles. The van der Waals surface area contributed by atoms with Gasteiger partial charge in [-0.25, -0.2) is 4.39 Å². The lowest BCUT2D eigenvalue weighted by molar-refractivity contribution is 0.305. The summed E-state index contributed by atoms with van der Waals surface area (Å²) in [6.07, 6.45) is 1.52. The minimum absolute atomic E-state index is 0.100. The highest BCUT2D eigenvalue weighted by atomic mass is 79.9. The molecule has 114 valence electrons. The maximum absolute atomic E-state index is 13.2. The summed E-state index contributed by atoms with van der Waals surface area (Å²) in [5.74, 6) is 0.264. The van der Waals surface area contributed by atoms with Crippen molar-refractivity contribution < 1.29 is 9.13 Å². The predicted molar refractivity (Wildman–Crippen MR) is 88.3 cm³/mol. The van der Waals surface area contributed by atoms with Crippen molar-refractivity contribution in [2.75, 3.05) is 0 Å². The fraction of sp³-hybridized carbons (Fsp3) is 0.0667. The Balaban J connectivity index is 1.98. The van der Waals surface area contributed by atoms with Crippen molar-refractivity contribution in [1.29, 1.82) is 0 Å². The third-order valence-corrected chi connectivity index (χ3v) is 3.44. The number of guanidine groups is 1. The summed E-state index contributed by atoms with van der Waals surface area (Å²) < 4.78 is 19.6. The highest BCUT2D eigenvalue weighted by molar-refractivity contribution is 9.10. The first-order valence-corrected chi connectivity index (χ1v) is 7.12. The first-order chi connectivity index (χ1) is 10.5. The van der Waals surface area contributed by atoms with Crippen molar-refractivity contribution >= 4 is 28.1 Å². The van der Waals surface area contributed by atoms with Gasteiger partial charge in [-0.05, 0) is 48.0 Å². The van der Waals surface area contributed by atoms with E-state index >= 15 is 0 Å². The average molecular weight is 365 g/mol. The van der Waals surface area contributed by atoms with Gasteiger partial charge < -0.3 is 16.2 Å². The van der Waals surface area contributed by atoms with Gasteiger partial charge in [-0.15, -0.1) is 5.10 Å². The molecule has 0 bridgehead atoms. The Kier molecular flexibility index (Phi) is 5.48. The number of rotatable bonds is 5. The van der Waals surface area contributed by atoms with Crippen LogP contribution in [-0.2, 0) is 6.61 Å². The van der Waals surface area contributed by atoms with Crippen molar-refractivity contribution in [3.63, 3.8) is 0 Å². The highest BCUT2D eigenvalue weighted by Gasteiger charge is 2.03. The number of benzene rings is 2. The highest BCUT2D eigenvalue weighted by Crippen LogP contribution is 2.20. The van der Waals surface area contributed by atoms with Crippen LogP contribution >= 0.6 is 15.9 Å². The standard InChI is InChI=1S/C15H14BrFN4O/c16-14-6-3-12(17)7-11(14)9-22-13-4-1-10(2-5-13)8-20-21-15(18)19/h1-8H,9H2,(H4,18,19,21). The third-order valence-electron chi connectivity index (χ3n) is 2.66. The molecule has 0 saturated carbocycles. The SMILES string of the molecule is NC(N)=NN=Cc1ccc(OCc2cc(F)ccc2Br)cc1. The van der Waals surface area contributed by atoms with E-state index in [-0.39, 0.29) is 18.4 Å². The normalized spacial score (nSPS) is 10.6. The van der Waals surface area contributed by atoms with Crippen LogP contribution in [0.15, 0.2) is 57.1 Å². The molecule has 0 spiro atoms. The zero-order valence-corrected chi connectivity index (χ0v) is 13.1. The van der Waals surface area contributed by atoms with Crippen LogP contribution in [0.25, 0.3) is 0 Å². The number of ether oxygens (including phenoxy) is 1. The summed E-state index contributed by atoms with van der Waals surface area (Å²) in [6.45, 7) is 0.264. The fourth-order valence-electron chi connectivity index (χ4n) is 1.63. The molecule has 7 heteroatoms. The number of halogens is 2. The largest absolute Gasteiger partial charge is 0.489 e. The zero-order valence-electron chi connectivity index (χ0n) is 11.5. The minimum atomic E-state index is -0.298. The van der Waals surface area contributed by atoms with E-state index in [1.165, 1.54) is 18.3 Å². The quantitative estimate of drug-likeness (QED) is 0.485. The molecule has 0 atom stereocenters. The van der Waals surface area contributed by atoms with Gasteiger partial charge in [-0.2, -0.15) is 5.10 Å². The summed E-state index contributed by atoms with van der Waals surface area (Å²) in [7, 11) is 0.